The van der Waals surface area contributed by atoms with Crippen molar-refractivity contribution < 1.29 is 0 Å². The van der Waals surface area contributed by atoms with Crippen LogP contribution in [0.25, 0.3) is 11.5 Å². The van der Waals surface area contributed by atoms with E-state index in [4.69, 9.17) is 23.2 Å². The molecule has 3 rings (SSSR count). The van der Waals surface area contributed by atoms with Gasteiger partial charge in [0.2, 0.25) is 0 Å². The molecule has 0 fully saturated rings. The third kappa shape index (κ3) is 3.03. The van der Waals surface area contributed by atoms with Gasteiger partial charge in [-0.25, -0.2) is 15.0 Å². The summed E-state index contributed by atoms with van der Waals surface area (Å²) in [5.74, 6) is 0.563. The van der Waals surface area contributed by atoms with Crippen LogP contribution in [-0.2, 0) is 6.42 Å². The first-order chi connectivity index (χ1) is 10.2. The molecule has 1 unspecified atom stereocenters. The zero-order chi connectivity index (χ0) is 14.8. The molecule has 0 saturated carbocycles. The number of halogens is 2. The molecule has 2 aromatic heterocycles. The lowest BCUT2D eigenvalue weighted by molar-refractivity contribution is 0.464. The van der Waals surface area contributed by atoms with Gasteiger partial charge in [0, 0.05) is 29.7 Å². The fourth-order valence-corrected chi connectivity index (χ4v) is 3.16. The highest BCUT2D eigenvalue weighted by Gasteiger charge is 2.22. The van der Waals surface area contributed by atoms with Crippen LogP contribution in [0.1, 0.15) is 37.1 Å². The summed E-state index contributed by atoms with van der Waals surface area (Å²) in [5.41, 5.74) is 2.86. The van der Waals surface area contributed by atoms with Gasteiger partial charge < -0.3 is 5.32 Å². The van der Waals surface area contributed by atoms with Crippen LogP contribution in [-0.4, -0.2) is 21.5 Å². The van der Waals surface area contributed by atoms with Crippen molar-refractivity contribution >= 4 is 23.2 Å². The van der Waals surface area contributed by atoms with Gasteiger partial charge in [-0.15, -0.1) is 0 Å². The Morgan fingerprint density at radius 3 is 2.90 bits per heavy atom. The Hall–Kier alpha value is -1.23. The predicted molar refractivity (Wildman–Crippen MR) is 84.6 cm³/mol. The molecule has 1 atom stereocenters. The van der Waals surface area contributed by atoms with Crippen molar-refractivity contribution in [1.29, 1.82) is 0 Å². The van der Waals surface area contributed by atoms with Gasteiger partial charge >= 0.3 is 0 Å². The van der Waals surface area contributed by atoms with Gasteiger partial charge in [-0.05, 0) is 31.9 Å². The molecule has 0 bridgehead atoms. The molecule has 6 heteroatoms. The van der Waals surface area contributed by atoms with Gasteiger partial charge in [-0.3, -0.25) is 0 Å². The molecule has 2 aromatic rings. The molecule has 1 N–H and O–H groups in total. The molecule has 2 heterocycles. The maximum Gasteiger partial charge on any atom is 0.179 e. The Morgan fingerprint density at radius 2 is 2.14 bits per heavy atom. The highest BCUT2D eigenvalue weighted by molar-refractivity contribution is 6.35. The number of hydrogen-bond acceptors (Lipinski definition) is 4. The molecule has 0 saturated heterocycles. The Kier molecular flexibility index (Phi) is 4.38. The Morgan fingerprint density at radius 1 is 1.29 bits per heavy atom. The number of pyridine rings is 1. The summed E-state index contributed by atoms with van der Waals surface area (Å²) in [5, 5.41) is 4.46. The van der Waals surface area contributed by atoms with E-state index < -0.39 is 0 Å². The van der Waals surface area contributed by atoms with E-state index in [2.05, 4.69) is 27.2 Å². The summed E-state index contributed by atoms with van der Waals surface area (Å²) in [4.78, 5) is 13.4. The monoisotopic (exact) mass is 322 g/mol. The Bertz CT molecular complexity index is 660. The molecule has 21 heavy (non-hydrogen) atoms. The predicted octanol–water partition coefficient (Wildman–Crippen LogP) is 3.83. The van der Waals surface area contributed by atoms with Crippen molar-refractivity contribution in [1.82, 2.24) is 20.3 Å². The second kappa shape index (κ2) is 6.26. The molecule has 110 valence electrons. The molecule has 0 spiro atoms. The molecule has 1 aliphatic carbocycles. The van der Waals surface area contributed by atoms with Crippen LogP contribution in [0.15, 0.2) is 18.5 Å². The smallest absolute Gasteiger partial charge is 0.179 e. The fourth-order valence-electron chi connectivity index (χ4n) is 2.70. The molecule has 0 aliphatic heterocycles. The minimum Gasteiger partial charge on any atom is -0.310 e. The van der Waals surface area contributed by atoms with Crippen LogP contribution in [0.3, 0.4) is 0 Å². The van der Waals surface area contributed by atoms with E-state index in [1.54, 1.807) is 12.3 Å². The van der Waals surface area contributed by atoms with Gasteiger partial charge in [0.05, 0.1) is 10.0 Å². The first-order valence-corrected chi connectivity index (χ1v) is 7.85. The normalized spacial score (nSPS) is 17.6. The molecule has 0 amide bonds. The molecule has 0 aromatic carbocycles. The van der Waals surface area contributed by atoms with Crippen molar-refractivity contribution in [2.24, 2.45) is 0 Å². The van der Waals surface area contributed by atoms with Crippen molar-refractivity contribution in [2.75, 3.05) is 6.54 Å². The number of aromatic nitrogens is 3. The van der Waals surface area contributed by atoms with Gasteiger partial charge in [0.25, 0.3) is 0 Å². The van der Waals surface area contributed by atoms with Crippen LogP contribution in [0.5, 0.6) is 0 Å². The first-order valence-electron chi connectivity index (χ1n) is 7.09. The maximum absolute atomic E-state index is 6.19. The lowest BCUT2D eigenvalue weighted by Crippen LogP contribution is -2.26. The van der Waals surface area contributed by atoms with E-state index in [-0.39, 0.29) is 0 Å². The maximum atomic E-state index is 6.19. The summed E-state index contributed by atoms with van der Waals surface area (Å²) in [6.45, 7) is 3.05. The van der Waals surface area contributed by atoms with Crippen LogP contribution in [0.4, 0.5) is 0 Å². The van der Waals surface area contributed by atoms with Gasteiger partial charge in [0.15, 0.2) is 5.82 Å². The highest BCUT2D eigenvalue weighted by atomic mass is 35.5. The average Bonchev–Trinajstić information content (AvgIpc) is 2.47. The second-order valence-corrected chi connectivity index (χ2v) is 5.93. The van der Waals surface area contributed by atoms with Gasteiger partial charge in [-0.1, -0.05) is 30.1 Å². The molecular weight excluding hydrogens is 307 g/mol. The van der Waals surface area contributed by atoms with Crippen molar-refractivity contribution in [3.63, 3.8) is 0 Å². The summed E-state index contributed by atoms with van der Waals surface area (Å²) in [6.07, 6.45) is 6.69. The zero-order valence-corrected chi connectivity index (χ0v) is 13.2. The van der Waals surface area contributed by atoms with Crippen molar-refractivity contribution in [3.05, 3.63) is 39.8 Å². The number of rotatable bonds is 3. The van der Waals surface area contributed by atoms with Crippen molar-refractivity contribution in [2.45, 2.75) is 32.2 Å². The Balaban J connectivity index is 1.99. The van der Waals surface area contributed by atoms with E-state index in [1.807, 2.05) is 6.20 Å². The quantitative estimate of drug-likeness (QED) is 0.932. The van der Waals surface area contributed by atoms with E-state index in [1.165, 1.54) is 5.56 Å². The van der Waals surface area contributed by atoms with Crippen LogP contribution in [0, 0.1) is 0 Å². The largest absolute Gasteiger partial charge is 0.310 e. The lowest BCUT2D eigenvalue weighted by Gasteiger charge is -2.25. The standard InChI is InChI=1S/C15H16Cl2N4/c1-2-18-12-4-3-5-13-10(12)8-20-15(21-13)14-11(17)6-9(16)7-19-14/h6-8,12,18H,2-5H2,1H3. The molecule has 0 radical (unpaired) electrons. The summed E-state index contributed by atoms with van der Waals surface area (Å²) in [6, 6.07) is 2.01. The number of nitrogens with zero attached hydrogens (tertiary/aromatic N) is 3. The summed E-state index contributed by atoms with van der Waals surface area (Å²) >= 11 is 12.1. The Labute approximate surface area is 133 Å². The summed E-state index contributed by atoms with van der Waals surface area (Å²) in [7, 11) is 0. The van der Waals surface area contributed by atoms with Crippen LogP contribution in [0.2, 0.25) is 10.0 Å². The second-order valence-electron chi connectivity index (χ2n) is 5.08. The number of hydrogen-bond donors (Lipinski definition) is 1. The first kappa shape index (κ1) is 14.7. The minimum atomic E-state index is 0.349. The lowest BCUT2D eigenvalue weighted by atomic mass is 9.92. The van der Waals surface area contributed by atoms with Gasteiger partial charge in [-0.2, -0.15) is 0 Å². The third-order valence-electron chi connectivity index (χ3n) is 3.65. The number of aryl methyl sites for hydroxylation is 1. The SMILES string of the molecule is CCNC1CCCc2nc(-c3ncc(Cl)cc3Cl)ncc21. The summed E-state index contributed by atoms with van der Waals surface area (Å²) < 4.78 is 0. The third-order valence-corrected chi connectivity index (χ3v) is 4.15. The fraction of sp³-hybridized carbons (Fsp3) is 0.400. The minimum absolute atomic E-state index is 0.349. The van der Waals surface area contributed by atoms with Gasteiger partial charge in [0.1, 0.15) is 5.69 Å². The number of fused-ring (bicyclic) bond motifs is 1. The highest BCUT2D eigenvalue weighted by Crippen LogP contribution is 2.31. The molecule has 1 aliphatic rings. The number of nitrogens with one attached hydrogen (secondary N) is 1. The van der Waals surface area contributed by atoms with E-state index in [0.29, 0.717) is 27.6 Å². The van der Waals surface area contributed by atoms with Crippen LogP contribution >= 0.6 is 23.2 Å². The van der Waals surface area contributed by atoms with E-state index in [0.717, 1.165) is 31.5 Å². The molecular formula is C15H16Cl2N4. The van der Waals surface area contributed by atoms with Crippen molar-refractivity contribution in [3.8, 4) is 11.5 Å². The topological polar surface area (TPSA) is 50.7 Å². The molecule has 4 nitrogen and oxygen atoms in total. The van der Waals surface area contributed by atoms with Crippen LogP contribution < -0.4 is 5.32 Å². The average molecular weight is 323 g/mol. The zero-order valence-electron chi connectivity index (χ0n) is 11.7. The van der Waals surface area contributed by atoms with E-state index >= 15 is 0 Å². The van der Waals surface area contributed by atoms with E-state index in [9.17, 15) is 0 Å².